The number of hydrogen-bond acceptors (Lipinski definition) is 9. The summed E-state index contributed by atoms with van der Waals surface area (Å²) in [6, 6.07) is 16.0. The minimum absolute atomic E-state index is 0. The van der Waals surface area contributed by atoms with Gasteiger partial charge in [-0.3, -0.25) is 0 Å². The first kappa shape index (κ1) is 30.3. The molecule has 2 aromatic carbocycles. The summed E-state index contributed by atoms with van der Waals surface area (Å²) in [6.07, 6.45) is 5.42. The highest BCUT2D eigenvalue weighted by Crippen LogP contribution is 2.39. The van der Waals surface area contributed by atoms with Gasteiger partial charge in [0.25, 0.3) is 0 Å². The van der Waals surface area contributed by atoms with E-state index in [4.69, 9.17) is 19.6 Å². The van der Waals surface area contributed by atoms with Gasteiger partial charge in [0.05, 0.1) is 43.1 Å². The standard InChI is InChI=1S/C31H36N8O2.H2O/c1-6-22(2)33-25-18-26(28(40-5)19-27(25)38-14-16-41-17-15-38)34-31-32-13-12-29(35-31)39-21-24(20-37(3)4)30(36-39)23-10-8-7-9-11-23;/h6-13,18-19,21,33H,1-2,14-17,20H2,3-5H3,(H,32,34,35);1H2. The highest BCUT2D eigenvalue weighted by molar-refractivity contribution is 5.82. The number of allylic oxidation sites excluding steroid dienone is 1. The summed E-state index contributed by atoms with van der Waals surface area (Å²) in [5.41, 5.74) is 6.34. The van der Waals surface area contributed by atoms with Gasteiger partial charge < -0.3 is 35.4 Å². The van der Waals surface area contributed by atoms with Crippen LogP contribution in [0.1, 0.15) is 5.56 Å². The van der Waals surface area contributed by atoms with E-state index < -0.39 is 0 Å². The number of benzene rings is 2. The molecule has 11 nitrogen and oxygen atoms in total. The number of methoxy groups -OCH3 is 1. The minimum Gasteiger partial charge on any atom is -0.494 e. The zero-order valence-electron chi connectivity index (χ0n) is 24.3. The molecule has 1 aliphatic heterocycles. The molecule has 5 rings (SSSR count). The molecule has 1 fully saturated rings. The van der Waals surface area contributed by atoms with Crippen LogP contribution in [0.2, 0.25) is 0 Å². The summed E-state index contributed by atoms with van der Waals surface area (Å²) in [4.78, 5) is 13.7. The fraction of sp³-hybridized carbons (Fsp3) is 0.258. The van der Waals surface area contributed by atoms with Crippen LogP contribution in [-0.2, 0) is 11.3 Å². The second kappa shape index (κ2) is 13.8. The van der Waals surface area contributed by atoms with Crippen molar-refractivity contribution in [2.24, 2.45) is 0 Å². The highest BCUT2D eigenvalue weighted by Gasteiger charge is 2.20. The first-order chi connectivity index (χ1) is 19.9. The van der Waals surface area contributed by atoms with Gasteiger partial charge in [-0.1, -0.05) is 43.5 Å². The summed E-state index contributed by atoms with van der Waals surface area (Å²) in [5, 5.41) is 11.6. The van der Waals surface area contributed by atoms with Crippen LogP contribution >= 0.6 is 0 Å². The number of rotatable bonds is 11. The van der Waals surface area contributed by atoms with E-state index in [0.717, 1.165) is 47.8 Å². The topological polar surface area (TPSA) is 124 Å². The first-order valence-electron chi connectivity index (χ1n) is 13.5. The van der Waals surface area contributed by atoms with Gasteiger partial charge in [-0.05, 0) is 26.2 Å². The van der Waals surface area contributed by atoms with E-state index in [1.165, 1.54) is 0 Å². The summed E-state index contributed by atoms with van der Waals surface area (Å²) in [5.74, 6) is 1.72. The maximum Gasteiger partial charge on any atom is 0.229 e. The quantitative estimate of drug-likeness (QED) is 0.255. The van der Waals surface area contributed by atoms with Gasteiger partial charge in [-0.2, -0.15) is 10.1 Å². The molecule has 0 aliphatic carbocycles. The van der Waals surface area contributed by atoms with Crippen LogP contribution in [0, 0.1) is 0 Å². The largest absolute Gasteiger partial charge is 0.494 e. The van der Waals surface area contributed by atoms with E-state index in [1.54, 1.807) is 24.1 Å². The van der Waals surface area contributed by atoms with Crippen LogP contribution in [0.5, 0.6) is 5.75 Å². The van der Waals surface area contributed by atoms with Crippen LogP contribution < -0.4 is 20.3 Å². The number of anilines is 4. The number of nitrogens with one attached hydrogen (secondary N) is 2. The summed E-state index contributed by atoms with van der Waals surface area (Å²) >= 11 is 0. The van der Waals surface area contributed by atoms with Crippen LogP contribution in [0.15, 0.2) is 85.9 Å². The number of morpholine rings is 1. The van der Waals surface area contributed by atoms with E-state index in [1.807, 2.05) is 56.7 Å². The summed E-state index contributed by atoms with van der Waals surface area (Å²) in [6.45, 7) is 11.5. The fourth-order valence-corrected chi connectivity index (χ4v) is 4.71. The van der Waals surface area contributed by atoms with Crippen molar-refractivity contribution < 1.29 is 14.9 Å². The maximum atomic E-state index is 5.79. The van der Waals surface area contributed by atoms with Gasteiger partial charge in [0.1, 0.15) is 5.75 Å². The van der Waals surface area contributed by atoms with Crippen molar-refractivity contribution in [3.8, 4) is 22.8 Å². The lowest BCUT2D eigenvalue weighted by atomic mass is 10.1. The van der Waals surface area contributed by atoms with Crippen LogP contribution in [0.25, 0.3) is 17.1 Å². The normalized spacial score (nSPS) is 12.9. The number of aromatic nitrogens is 4. The Morgan fingerprint density at radius 1 is 1.12 bits per heavy atom. The van der Waals surface area contributed by atoms with Crippen molar-refractivity contribution >= 4 is 23.0 Å². The van der Waals surface area contributed by atoms with E-state index in [9.17, 15) is 0 Å². The molecular weight excluding hydrogens is 532 g/mol. The summed E-state index contributed by atoms with van der Waals surface area (Å²) < 4.78 is 13.1. The van der Waals surface area contributed by atoms with Crippen LogP contribution in [-0.4, -0.2) is 77.6 Å². The van der Waals surface area contributed by atoms with E-state index in [-0.39, 0.29) is 5.48 Å². The van der Waals surface area contributed by atoms with Gasteiger partial charge in [0.2, 0.25) is 5.95 Å². The molecule has 0 radical (unpaired) electrons. The average Bonchev–Trinajstić information content (AvgIpc) is 3.41. The lowest BCUT2D eigenvalue weighted by Crippen LogP contribution is -2.36. The Balaban J connectivity index is 0.00000405. The Kier molecular flexibility index (Phi) is 9.92. The Morgan fingerprint density at radius 3 is 2.57 bits per heavy atom. The Hall–Kier alpha value is -4.71. The lowest BCUT2D eigenvalue weighted by molar-refractivity contribution is 0.122. The molecule has 220 valence electrons. The Labute approximate surface area is 246 Å². The molecule has 4 N–H and O–H groups in total. The molecule has 3 heterocycles. The van der Waals surface area contributed by atoms with E-state index in [2.05, 4.69) is 50.7 Å². The van der Waals surface area contributed by atoms with Gasteiger partial charge >= 0.3 is 0 Å². The number of nitrogens with zero attached hydrogens (tertiary/aromatic N) is 6. The summed E-state index contributed by atoms with van der Waals surface area (Å²) in [7, 11) is 5.74. The van der Waals surface area contributed by atoms with Crippen molar-refractivity contribution in [3.05, 3.63) is 91.4 Å². The fourth-order valence-electron chi connectivity index (χ4n) is 4.71. The Bertz CT molecular complexity index is 1510. The van der Waals surface area contributed by atoms with Crippen molar-refractivity contribution in [1.29, 1.82) is 0 Å². The monoisotopic (exact) mass is 570 g/mol. The predicted molar refractivity (Wildman–Crippen MR) is 168 cm³/mol. The van der Waals surface area contributed by atoms with Crippen molar-refractivity contribution in [1.82, 2.24) is 24.6 Å². The molecule has 1 aliphatic rings. The molecule has 1 saturated heterocycles. The SMILES string of the molecule is C=CC(=C)Nc1cc(Nc2nccc(-n3cc(CN(C)C)c(-c4ccccc4)n3)n2)c(OC)cc1N1CCOCC1.O. The number of ether oxygens (including phenoxy) is 2. The average molecular weight is 571 g/mol. The smallest absolute Gasteiger partial charge is 0.229 e. The first-order valence-corrected chi connectivity index (χ1v) is 13.5. The molecular formula is C31H38N8O3. The van der Waals surface area contributed by atoms with Gasteiger partial charge in [0.15, 0.2) is 5.82 Å². The molecule has 0 spiro atoms. The lowest BCUT2D eigenvalue weighted by Gasteiger charge is -2.31. The molecule has 11 heteroatoms. The van der Waals surface area contributed by atoms with Crippen LogP contribution in [0.4, 0.5) is 23.0 Å². The molecule has 0 unspecified atom stereocenters. The molecule has 42 heavy (non-hydrogen) atoms. The zero-order chi connectivity index (χ0) is 28.8. The van der Waals surface area contributed by atoms with Crippen LogP contribution in [0.3, 0.4) is 0 Å². The highest BCUT2D eigenvalue weighted by atomic mass is 16.5. The third kappa shape index (κ3) is 6.95. The molecule has 2 aromatic heterocycles. The third-order valence-corrected chi connectivity index (χ3v) is 6.66. The molecule has 0 bridgehead atoms. The molecule has 4 aromatic rings. The Morgan fingerprint density at radius 2 is 1.88 bits per heavy atom. The maximum absolute atomic E-state index is 5.79. The molecule has 0 saturated carbocycles. The van der Waals surface area contributed by atoms with E-state index in [0.29, 0.717) is 42.1 Å². The van der Waals surface area contributed by atoms with Gasteiger partial charge in [0, 0.05) is 61.0 Å². The third-order valence-electron chi connectivity index (χ3n) is 6.66. The van der Waals surface area contributed by atoms with Gasteiger partial charge in [-0.15, -0.1) is 0 Å². The van der Waals surface area contributed by atoms with Crippen molar-refractivity contribution in [2.75, 3.05) is 63.0 Å². The van der Waals surface area contributed by atoms with E-state index >= 15 is 0 Å². The van der Waals surface area contributed by atoms with Crippen molar-refractivity contribution in [3.63, 3.8) is 0 Å². The molecule has 0 atom stereocenters. The second-order valence-electron chi connectivity index (χ2n) is 9.94. The van der Waals surface area contributed by atoms with Crippen molar-refractivity contribution in [2.45, 2.75) is 6.54 Å². The minimum atomic E-state index is 0. The van der Waals surface area contributed by atoms with Gasteiger partial charge in [-0.25, -0.2) is 9.67 Å². The second-order valence-corrected chi connectivity index (χ2v) is 9.94. The number of hydrogen-bond donors (Lipinski definition) is 2. The predicted octanol–water partition coefficient (Wildman–Crippen LogP) is 4.27. The zero-order valence-corrected chi connectivity index (χ0v) is 24.3. The molecule has 0 amide bonds.